The van der Waals surface area contributed by atoms with Crippen LogP contribution in [0.1, 0.15) is 26.3 Å². The minimum Gasteiger partial charge on any atom is -0.475 e. The molecule has 112 valence electrons. The molecule has 2 aromatic rings. The summed E-state index contributed by atoms with van der Waals surface area (Å²) < 4.78 is 7.26. The van der Waals surface area contributed by atoms with Gasteiger partial charge in [0.1, 0.15) is 0 Å². The van der Waals surface area contributed by atoms with E-state index in [0.717, 1.165) is 5.56 Å². The maximum absolute atomic E-state index is 12.1. The van der Waals surface area contributed by atoms with Gasteiger partial charge < -0.3 is 14.6 Å². The summed E-state index contributed by atoms with van der Waals surface area (Å²) in [6.45, 7) is 6.87. The maximum atomic E-state index is 12.1. The smallest absolute Gasteiger partial charge is 0.293 e. The van der Waals surface area contributed by atoms with Gasteiger partial charge in [0, 0.05) is 37.2 Å². The van der Waals surface area contributed by atoms with Crippen LogP contribution < -0.4 is 15.6 Å². The summed E-state index contributed by atoms with van der Waals surface area (Å²) in [6.07, 6.45) is 5.02. The fourth-order valence-corrected chi connectivity index (χ4v) is 1.88. The van der Waals surface area contributed by atoms with Crippen molar-refractivity contribution in [1.82, 2.24) is 14.5 Å². The van der Waals surface area contributed by atoms with E-state index in [9.17, 15) is 4.79 Å². The number of rotatable bonds is 6. The molecule has 0 fully saturated rings. The van der Waals surface area contributed by atoms with E-state index in [-0.39, 0.29) is 11.7 Å². The highest BCUT2D eigenvalue weighted by molar-refractivity contribution is 5.35. The van der Waals surface area contributed by atoms with Crippen LogP contribution in [0.5, 0.6) is 5.88 Å². The minimum atomic E-state index is -0.129. The topological polar surface area (TPSA) is 69.0 Å². The van der Waals surface area contributed by atoms with Gasteiger partial charge in [-0.05, 0) is 26.8 Å². The van der Waals surface area contributed by atoms with E-state index in [1.807, 2.05) is 32.9 Å². The van der Waals surface area contributed by atoms with E-state index in [2.05, 4.69) is 15.3 Å². The summed E-state index contributed by atoms with van der Waals surface area (Å²) in [6, 6.07) is 3.76. The molecular formula is C15H20N4O2. The molecule has 0 aliphatic heterocycles. The van der Waals surface area contributed by atoms with Crippen molar-refractivity contribution in [3.05, 3.63) is 46.6 Å². The van der Waals surface area contributed by atoms with Crippen molar-refractivity contribution in [3.8, 4) is 5.88 Å². The first kappa shape index (κ1) is 15.0. The molecule has 0 radical (unpaired) electrons. The van der Waals surface area contributed by atoms with Crippen molar-refractivity contribution in [2.24, 2.45) is 0 Å². The molecule has 0 atom stereocenters. The third-order valence-electron chi connectivity index (χ3n) is 2.90. The lowest BCUT2D eigenvalue weighted by Crippen LogP contribution is -2.23. The van der Waals surface area contributed by atoms with Gasteiger partial charge in [-0.15, -0.1) is 0 Å². The van der Waals surface area contributed by atoms with Gasteiger partial charge in [0.25, 0.3) is 5.56 Å². The van der Waals surface area contributed by atoms with Gasteiger partial charge in [0.2, 0.25) is 5.88 Å². The summed E-state index contributed by atoms with van der Waals surface area (Å²) in [5.41, 5.74) is 0.759. The molecule has 0 saturated carbocycles. The highest BCUT2D eigenvalue weighted by Gasteiger charge is 2.08. The molecule has 2 rings (SSSR count). The number of pyridine rings is 1. The van der Waals surface area contributed by atoms with Gasteiger partial charge in [0.05, 0.1) is 6.10 Å². The molecule has 0 unspecified atom stereocenters. The molecule has 0 aliphatic carbocycles. The summed E-state index contributed by atoms with van der Waals surface area (Å²) >= 11 is 0. The van der Waals surface area contributed by atoms with Crippen LogP contribution in [0.2, 0.25) is 0 Å². The van der Waals surface area contributed by atoms with E-state index in [1.54, 1.807) is 23.2 Å². The van der Waals surface area contributed by atoms with E-state index < -0.39 is 0 Å². The van der Waals surface area contributed by atoms with Gasteiger partial charge in [-0.3, -0.25) is 4.79 Å². The fourth-order valence-electron chi connectivity index (χ4n) is 1.88. The van der Waals surface area contributed by atoms with Crippen molar-refractivity contribution in [2.75, 3.05) is 5.32 Å². The lowest BCUT2D eigenvalue weighted by atomic mass is 10.2. The van der Waals surface area contributed by atoms with Crippen LogP contribution in [0.25, 0.3) is 0 Å². The Bertz CT molecular complexity index is 652. The highest BCUT2D eigenvalue weighted by Crippen LogP contribution is 2.16. The van der Waals surface area contributed by atoms with E-state index >= 15 is 0 Å². The molecule has 0 bridgehead atoms. The molecule has 6 heteroatoms. The Labute approximate surface area is 123 Å². The Balaban J connectivity index is 2.15. The first-order valence-corrected chi connectivity index (χ1v) is 7.01. The predicted octanol–water partition coefficient (Wildman–Crippen LogP) is 2.06. The molecule has 2 aromatic heterocycles. The molecule has 0 aliphatic rings. The number of anilines is 1. The largest absolute Gasteiger partial charge is 0.475 e. The number of aromatic nitrogens is 3. The van der Waals surface area contributed by atoms with Crippen LogP contribution in [0, 0.1) is 0 Å². The van der Waals surface area contributed by atoms with E-state index in [1.165, 1.54) is 0 Å². The number of nitrogens with zero attached hydrogens (tertiary/aromatic N) is 3. The van der Waals surface area contributed by atoms with Crippen molar-refractivity contribution in [2.45, 2.75) is 40.0 Å². The van der Waals surface area contributed by atoms with Gasteiger partial charge in [-0.25, -0.2) is 9.97 Å². The number of hydrogen-bond donors (Lipinski definition) is 1. The third kappa shape index (κ3) is 3.81. The first-order valence-electron chi connectivity index (χ1n) is 7.01. The van der Waals surface area contributed by atoms with Crippen molar-refractivity contribution in [1.29, 1.82) is 0 Å². The second kappa shape index (κ2) is 6.88. The SMILES string of the molecule is CCn1ccnc(NCc2cccnc2OC(C)C)c1=O. The molecule has 1 N–H and O–H groups in total. The first-order chi connectivity index (χ1) is 10.1. The lowest BCUT2D eigenvalue weighted by Gasteiger charge is -2.13. The molecule has 2 heterocycles. The van der Waals surface area contributed by atoms with Crippen LogP contribution in [0.4, 0.5) is 5.82 Å². The van der Waals surface area contributed by atoms with Gasteiger partial charge >= 0.3 is 0 Å². The van der Waals surface area contributed by atoms with Crippen LogP contribution in [0.3, 0.4) is 0 Å². The lowest BCUT2D eigenvalue weighted by molar-refractivity contribution is 0.230. The molecule has 21 heavy (non-hydrogen) atoms. The van der Waals surface area contributed by atoms with Crippen LogP contribution in [-0.2, 0) is 13.1 Å². The Hall–Kier alpha value is -2.37. The zero-order valence-electron chi connectivity index (χ0n) is 12.5. The van der Waals surface area contributed by atoms with Crippen LogP contribution in [0.15, 0.2) is 35.5 Å². The Morgan fingerprint density at radius 2 is 2.14 bits per heavy atom. The normalized spacial score (nSPS) is 10.7. The number of ether oxygens (including phenoxy) is 1. The van der Waals surface area contributed by atoms with Crippen LogP contribution >= 0.6 is 0 Å². The van der Waals surface area contributed by atoms with E-state index in [0.29, 0.717) is 24.8 Å². The van der Waals surface area contributed by atoms with Gasteiger partial charge in [-0.2, -0.15) is 0 Å². The quantitative estimate of drug-likeness (QED) is 0.881. The fraction of sp³-hybridized carbons (Fsp3) is 0.400. The zero-order valence-corrected chi connectivity index (χ0v) is 12.5. The summed E-state index contributed by atoms with van der Waals surface area (Å²) in [5, 5.41) is 3.05. The average molecular weight is 288 g/mol. The van der Waals surface area contributed by atoms with Gasteiger partial charge in [-0.1, -0.05) is 6.07 Å². The number of hydrogen-bond acceptors (Lipinski definition) is 5. The third-order valence-corrected chi connectivity index (χ3v) is 2.90. The second-order valence-corrected chi connectivity index (χ2v) is 4.85. The Morgan fingerprint density at radius 1 is 1.33 bits per heavy atom. The molecule has 6 nitrogen and oxygen atoms in total. The summed E-state index contributed by atoms with van der Waals surface area (Å²) in [5.74, 6) is 0.908. The standard InChI is InChI=1S/C15H20N4O2/c1-4-19-9-8-16-13(15(19)20)18-10-12-6-5-7-17-14(12)21-11(2)3/h5-9,11H,4,10H2,1-3H3,(H,16,18). The van der Waals surface area contributed by atoms with Gasteiger partial charge in [0.15, 0.2) is 5.82 Å². The number of aryl methyl sites for hydroxylation is 1. The molecule has 0 spiro atoms. The molecule has 0 aromatic carbocycles. The zero-order chi connectivity index (χ0) is 15.2. The van der Waals surface area contributed by atoms with E-state index in [4.69, 9.17) is 4.74 Å². The second-order valence-electron chi connectivity index (χ2n) is 4.85. The maximum Gasteiger partial charge on any atom is 0.293 e. The monoisotopic (exact) mass is 288 g/mol. The van der Waals surface area contributed by atoms with Crippen molar-refractivity contribution >= 4 is 5.82 Å². The summed E-state index contributed by atoms with van der Waals surface area (Å²) in [4.78, 5) is 20.4. The Morgan fingerprint density at radius 3 is 2.86 bits per heavy atom. The molecular weight excluding hydrogens is 268 g/mol. The highest BCUT2D eigenvalue weighted by atomic mass is 16.5. The minimum absolute atomic E-state index is 0.0471. The number of nitrogens with one attached hydrogen (secondary N) is 1. The average Bonchev–Trinajstić information content (AvgIpc) is 2.47. The van der Waals surface area contributed by atoms with Crippen molar-refractivity contribution < 1.29 is 4.74 Å². The van der Waals surface area contributed by atoms with Crippen molar-refractivity contribution in [3.63, 3.8) is 0 Å². The van der Waals surface area contributed by atoms with Crippen LogP contribution in [-0.4, -0.2) is 20.6 Å². The summed E-state index contributed by atoms with van der Waals surface area (Å²) in [7, 11) is 0. The Kier molecular flexibility index (Phi) is 4.92. The predicted molar refractivity (Wildman–Crippen MR) is 81.5 cm³/mol. The molecule has 0 saturated heterocycles. The molecule has 0 amide bonds.